The van der Waals surface area contributed by atoms with Crippen molar-refractivity contribution in [1.82, 2.24) is 0 Å². The number of carbonyl (C=O) groups is 1. The summed E-state index contributed by atoms with van der Waals surface area (Å²) < 4.78 is 4.54. The van der Waals surface area contributed by atoms with Crippen molar-refractivity contribution >= 4 is 5.78 Å². The Morgan fingerprint density at radius 2 is 1.75 bits per heavy atom. The quantitative estimate of drug-likeness (QED) is 0.680. The van der Waals surface area contributed by atoms with Crippen LogP contribution in [0.1, 0.15) is 53.4 Å². The molecule has 0 bridgehead atoms. The van der Waals surface area contributed by atoms with Gasteiger partial charge < -0.3 is 4.74 Å². The highest BCUT2D eigenvalue weighted by Gasteiger charge is 2.30. The van der Waals surface area contributed by atoms with E-state index in [1.165, 1.54) is 18.4 Å². The van der Waals surface area contributed by atoms with Gasteiger partial charge in [-0.25, -0.2) is 0 Å². The third kappa shape index (κ3) is 9.91. The Morgan fingerprint density at radius 3 is 1.81 bits per heavy atom. The molecule has 0 aliphatic heterocycles. The molecule has 2 nitrogen and oxygen atoms in total. The highest BCUT2D eigenvalue weighted by atomic mass is 16.5. The maximum absolute atomic E-state index is 10.4. The summed E-state index contributed by atoms with van der Waals surface area (Å²) in [5.41, 5.74) is 1.98. The third-order valence-corrected chi connectivity index (χ3v) is 2.71. The Hall–Kier alpha value is -0.630. The van der Waals surface area contributed by atoms with Crippen LogP contribution in [-0.2, 0) is 9.53 Å². The molecule has 0 aromatic heterocycles. The molecule has 0 atom stereocenters. The summed E-state index contributed by atoms with van der Waals surface area (Å²) in [6.45, 7) is 9.37. The molecule has 0 saturated heterocycles. The standard InChI is InChI=1S/C6H8O.C5H10.C3H8O/c1-5-2-3-6(7)4-5;1-5(2)3-4-5;1-3-4-2/h4H,2-3H2,1H3;3-4H2,1-2H3;3H2,1-2H3. The lowest BCUT2D eigenvalue weighted by molar-refractivity contribution is -0.114. The van der Waals surface area contributed by atoms with Crippen LogP contribution in [0.3, 0.4) is 0 Å². The van der Waals surface area contributed by atoms with Crippen molar-refractivity contribution in [2.75, 3.05) is 13.7 Å². The first-order chi connectivity index (χ1) is 7.41. The van der Waals surface area contributed by atoms with Crippen molar-refractivity contribution in [3.63, 3.8) is 0 Å². The number of hydrogen-bond donors (Lipinski definition) is 0. The van der Waals surface area contributed by atoms with E-state index in [4.69, 9.17) is 0 Å². The van der Waals surface area contributed by atoms with E-state index in [2.05, 4.69) is 18.6 Å². The van der Waals surface area contributed by atoms with Gasteiger partial charge in [-0.15, -0.1) is 0 Å². The van der Waals surface area contributed by atoms with Gasteiger partial charge in [-0.1, -0.05) is 19.4 Å². The SMILES string of the molecule is CC1(C)CC1.CC1=CC(=O)CC1.CCOC. The van der Waals surface area contributed by atoms with Gasteiger partial charge in [0, 0.05) is 20.1 Å². The second kappa shape index (κ2) is 7.61. The van der Waals surface area contributed by atoms with E-state index in [1.54, 1.807) is 13.2 Å². The number of allylic oxidation sites excluding steroid dienone is 2. The van der Waals surface area contributed by atoms with E-state index < -0.39 is 0 Å². The summed E-state index contributed by atoms with van der Waals surface area (Å²) in [4.78, 5) is 10.4. The number of ether oxygens (including phenoxy) is 1. The van der Waals surface area contributed by atoms with E-state index in [-0.39, 0.29) is 5.78 Å². The second-order valence-corrected chi connectivity index (χ2v) is 5.20. The minimum atomic E-state index is 0.289. The van der Waals surface area contributed by atoms with Crippen molar-refractivity contribution in [3.05, 3.63) is 11.6 Å². The summed E-state index contributed by atoms with van der Waals surface area (Å²) in [5.74, 6) is 0.289. The molecule has 2 rings (SSSR count). The lowest BCUT2D eigenvalue weighted by Crippen LogP contribution is -1.80. The molecule has 1 fully saturated rings. The molecule has 2 heteroatoms. The second-order valence-electron chi connectivity index (χ2n) is 5.20. The highest BCUT2D eigenvalue weighted by molar-refractivity contribution is 5.92. The molecular weight excluding hydrogens is 200 g/mol. The fourth-order valence-electron chi connectivity index (χ4n) is 0.990. The smallest absolute Gasteiger partial charge is 0.155 e. The first kappa shape index (κ1) is 15.4. The van der Waals surface area contributed by atoms with Crippen molar-refractivity contribution in [2.24, 2.45) is 5.41 Å². The van der Waals surface area contributed by atoms with E-state index in [0.717, 1.165) is 24.9 Å². The van der Waals surface area contributed by atoms with Gasteiger partial charge in [0.15, 0.2) is 5.78 Å². The summed E-state index contributed by atoms with van der Waals surface area (Å²) in [5, 5.41) is 0. The van der Waals surface area contributed by atoms with Crippen LogP contribution in [0.2, 0.25) is 0 Å². The largest absolute Gasteiger partial charge is 0.385 e. The zero-order valence-corrected chi connectivity index (χ0v) is 11.4. The maximum atomic E-state index is 10.4. The minimum Gasteiger partial charge on any atom is -0.385 e. The Morgan fingerprint density at radius 1 is 1.31 bits per heavy atom. The maximum Gasteiger partial charge on any atom is 0.155 e. The number of rotatable bonds is 1. The van der Waals surface area contributed by atoms with Crippen molar-refractivity contribution < 1.29 is 9.53 Å². The average molecular weight is 226 g/mol. The predicted octanol–water partition coefficient (Wildman–Crippen LogP) is 3.75. The van der Waals surface area contributed by atoms with Crippen LogP contribution in [0.25, 0.3) is 0 Å². The van der Waals surface area contributed by atoms with Gasteiger partial charge in [0.05, 0.1) is 0 Å². The summed E-state index contributed by atoms with van der Waals surface area (Å²) in [6, 6.07) is 0. The minimum absolute atomic E-state index is 0.289. The molecule has 0 unspecified atom stereocenters. The summed E-state index contributed by atoms with van der Waals surface area (Å²) in [6.07, 6.45) is 6.35. The normalized spacial score (nSPS) is 20.1. The van der Waals surface area contributed by atoms with Gasteiger partial charge in [-0.05, 0) is 44.6 Å². The lowest BCUT2D eigenvalue weighted by atomic mass is 10.2. The highest BCUT2D eigenvalue weighted by Crippen LogP contribution is 2.43. The van der Waals surface area contributed by atoms with Crippen LogP contribution in [-0.4, -0.2) is 19.5 Å². The molecule has 2 aliphatic rings. The number of methoxy groups -OCH3 is 1. The predicted molar refractivity (Wildman–Crippen MR) is 68.6 cm³/mol. The fourth-order valence-corrected chi connectivity index (χ4v) is 0.990. The summed E-state index contributed by atoms with van der Waals surface area (Å²) >= 11 is 0. The zero-order chi connectivity index (χ0) is 12.6. The molecule has 0 aromatic carbocycles. The number of carbonyl (C=O) groups excluding carboxylic acids is 1. The first-order valence-electron chi connectivity index (χ1n) is 6.10. The molecule has 94 valence electrons. The molecule has 0 amide bonds. The molecular formula is C14H26O2. The van der Waals surface area contributed by atoms with Crippen LogP contribution in [0.4, 0.5) is 0 Å². The molecule has 0 spiro atoms. The van der Waals surface area contributed by atoms with Gasteiger partial charge in [0.1, 0.15) is 0 Å². The van der Waals surface area contributed by atoms with Gasteiger partial charge in [-0.3, -0.25) is 4.79 Å². The topological polar surface area (TPSA) is 26.3 Å². The molecule has 1 saturated carbocycles. The van der Waals surface area contributed by atoms with E-state index in [0.29, 0.717) is 0 Å². The van der Waals surface area contributed by atoms with Gasteiger partial charge in [0.2, 0.25) is 0 Å². The van der Waals surface area contributed by atoms with Crippen molar-refractivity contribution in [1.29, 1.82) is 0 Å². The van der Waals surface area contributed by atoms with E-state index >= 15 is 0 Å². The number of hydrogen-bond acceptors (Lipinski definition) is 2. The third-order valence-electron chi connectivity index (χ3n) is 2.71. The molecule has 0 aromatic rings. The molecule has 0 heterocycles. The van der Waals surface area contributed by atoms with Crippen molar-refractivity contribution in [2.45, 2.75) is 53.4 Å². The molecule has 0 radical (unpaired) electrons. The zero-order valence-electron chi connectivity index (χ0n) is 11.4. The Balaban J connectivity index is 0.000000222. The summed E-state index contributed by atoms with van der Waals surface area (Å²) in [7, 11) is 1.68. The van der Waals surface area contributed by atoms with Crippen LogP contribution in [0.5, 0.6) is 0 Å². The molecule has 2 aliphatic carbocycles. The van der Waals surface area contributed by atoms with E-state index in [9.17, 15) is 4.79 Å². The monoisotopic (exact) mass is 226 g/mol. The Kier molecular flexibility index (Phi) is 7.31. The number of ketones is 1. The van der Waals surface area contributed by atoms with Crippen LogP contribution >= 0.6 is 0 Å². The molecule has 16 heavy (non-hydrogen) atoms. The van der Waals surface area contributed by atoms with E-state index in [1.807, 2.05) is 13.8 Å². The van der Waals surface area contributed by atoms with Crippen molar-refractivity contribution in [3.8, 4) is 0 Å². The Bertz CT molecular complexity index is 231. The van der Waals surface area contributed by atoms with Gasteiger partial charge >= 0.3 is 0 Å². The fraction of sp³-hybridized carbons (Fsp3) is 0.786. The van der Waals surface area contributed by atoms with Crippen LogP contribution in [0.15, 0.2) is 11.6 Å². The van der Waals surface area contributed by atoms with Crippen LogP contribution < -0.4 is 0 Å². The van der Waals surface area contributed by atoms with Gasteiger partial charge in [-0.2, -0.15) is 0 Å². The molecule has 0 N–H and O–H groups in total. The van der Waals surface area contributed by atoms with Gasteiger partial charge in [0.25, 0.3) is 0 Å². The Labute approximate surface area is 100 Å². The average Bonchev–Trinajstić information content (AvgIpc) is 2.78. The first-order valence-corrected chi connectivity index (χ1v) is 6.10. The van der Waals surface area contributed by atoms with Crippen LogP contribution in [0, 0.1) is 5.41 Å². The lowest BCUT2D eigenvalue weighted by Gasteiger charge is -1.86.